The molecule has 0 atom stereocenters. The Morgan fingerprint density at radius 3 is 2.23 bits per heavy atom. The number of nitrogens with zero attached hydrogens (tertiary/aromatic N) is 2. The summed E-state index contributed by atoms with van der Waals surface area (Å²) in [5.41, 5.74) is 3.70. The fourth-order valence-corrected chi connectivity index (χ4v) is 5.45. The van der Waals surface area contributed by atoms with Gasteiger partial charge in [0.05, 0.1) is 18.6 Å². The monoisotopic (exact) mass is 562 g/mol. The van der Waals surface area contributed by atoms with Gasteiger partial charge in [-0.2, -0.15) is 0 Å². The maximum atomic E-state index is 14.3. The molecule has 3 aromatic carbocycles. The Bertz CT molecular complexity index is 1580. The van der Waals surface area contributed by atoms with Gasteiger partial charge >= 0.3 is 0 Å². The van der Waals surface area contributed by atoms with Crippen LogP contribution in [0.5, 0.6) is 17.2 Å². The molecule has 1 aliphatic heterocycles. The molecule has 6 nitrogen and oxygen atoms in total. The SMILES string of the molecule is COc1ccc(Oc2ccc(-n3c(C)cc(/C=C4\SC(=O)N(Cc5c(F)cccc5Cl)C4=O)c3C)cc2)cc1. The van der Waals surface area contributed by atoms with Crippen molar-refractivity contribution in [2.75, 3.05) is 7.11 Å². The molecule has 198 valence electrons. The Labute approximate surface area is 234 Å². The Hall–Kier alpha value is -4.01. The lowest BCUT2D eigenvalue weighted by atomic mass is 10.2. The minimum absolute atomic E-state index is 0.111. The third kappa shape index (κ3) is 5.44. The molecule has 0 spiro atoms. The van der Waals surface area contributed by atoms with E-state index in [1.807, 2.05) is 68.4 Å². The predicted molar refractivity (Wildman–Crippen MR) is 151 cm³/mol. The average Bonchev–Trinajstić information content (AvgIpc) is 3.35. The number of thioether (sulfide) groups is 1. The van der Waals surface area contributed by atoms with E-state index in [1.54, 1.807) is 13.2 Å². The lowest BCUT2D eigenvalue weighted by Gasteiger charge is -2.14. The van der Waals surface area contributed by atoms with Crippen LogP contribution in [0.25, 0.3) is 11.8 Å². The number of carbonyl (C=O) groups is 2. The van der Waals surface area contributed by atoms with Gasteiger partial charge in [-0.3, -0.25) is 14.5 Å². The van der Waals surface area contributed by atoms with Crippen LogP contribution in [0.1, 0.15) is 22.5 Å². The van der Waals surface area contributed by atoms with Crippen molar-refractivity contribution in [2.45, 2.75) is 20.4 Å². The molecule has 1 fully saturated rings. The number of carbonyl (C=O) groups excluding carboxylic acids is 2. The molecular weight excluding hydrogens is 539 g/mol. The highest BCUT2D eigenvalue weighted by Crippen LogP contribution is 2.36. The summed E-state index contributed by atoms with van der Waals surface area (Å²) in [7, 11) is 1.62. The lowest BCUT2D eigenvalue weighted by molar-refractivity contribution is -0.123. The number of hydrogen-bond acceptors (Lipinski definition) is 5. The van der Waals surface area contributed by atoms with Crippen molar-refractivity contribution in [3.05, 3.63) is 111 Å². The van der Waals surface area contributed by atoms with Gasteiger partial charge in [0.15, 0.2) is 0 Å². The second-order valence-corrected chi connectivity index (χ2v) is 10.3. The normalized spacial score (nSPS) is 14.4. The molecule has 0 unspecified atom stereocenters. The first-order valence-electron chi connectivity index (χ1n) is 12.0. The highest BCUT2D eigenvalue weighted by molar-refractivity contribution is 8.18. The van der Waals surface area contributed by atoms with Gasteiger partial charge < -0.3 is 14.0 Å². The van der Waals surface area contributed by atoms with Gasteiger partial charge in [0.2, 0.25) is 0 Å². The summed E-state index contributed by atoms with van der Waals surface area (Å²) in [6.45, 7) is 3.69. The molecule has 0 radical (unpaired) electrons. The molecule has 2 heterocycles. The predicted octanol–water partition coefficient (Wildman–Crippen LogP) is 7.92. The van der Waals surface area contributed by atoms with Crippen LogP contribution in [0.15, 0.2) is 77.7 Å². The third-order valence-electron chi connectivity index (χ3n) is 6.40. The van der Waals surface area contributed by atoms with Crippen LogP contribution in [0, 0.1) is 19.7 Å². The highest BCUT2D eigenvalue weighted by atomic mass is 35.5. The molecule has 0 bridgehead atoms. The fourth-order valence-electron chi connectivity index (χ4n) is 4.39. The highest BCUT2D eigenvalue weighted by Gasteiger charge is 2.36. The first-order chi connectivity index (χ1) is 18.7. The quantitative estimate of drug-likeness (QED) is 0.214. The molecule has 9 heteroatoms. The van der Waals surface area contributed by atoms with Gasteiger partial charge in [-0.05, 0) is 104 Å². The molecule has 1 aromatic heterocycles. The number of halogens is 2. The van der Waals surface area contributed by atoms with E-state index in [-0.39, 0.29) is 22.0 Å². The minimum Gasteiger partial charge on any atom is -0.497 e. The van der Waals surface area contributed by atoms with E-state index < -0.39 is 17.0 Å². The van der Waals surface area contributed by atoms with Gasteiger partial charge in [0.25, 0.3) is 11.1 Å². The van der Waals surface area contributed by atoms with Crippen LogP contribution >= 0.6 is 23.4 Å². The van der Waals surface area contributed by atoms with Crippen molar-refractivity contribution in [1.82, 2.24) is 9.47 Å². The number of hydrogen-bond donors (Lipinski definition) is 0. The number of aromatic nitrogens is 1. The zero-order valence-electron chi connectivity index (χ0n) is 21.4. The molecule has 1 saturated heterocycles. The molecule has 0 saturated carbocycles. The molecule has 0 N–H and O–H groups in total. The number of aryl methyl sites for hydroxylation is 1. The van der Waals surface area contributed by atoms with E-state index in [4.69, 9.17) is 21.1 Å². The number of ether oxygens (including phenoxy) is 2. The van der Waals surface area contributed by atoms with Crippen molar-refractivity contribution < 1.29 is 23.5 Å². The minimum atomic E-state index is -0.561. The maximum absolute atomic E-state index is 14.3. The first kappa shape index (κ1) is 26.6. The van der Waals surface area contributed by atoms with Gasteiger partial charge in [-0.25, -0.2) is 4.39 Å². The zero-order valence-corrected chi connectivity index (χ0v) is 23.0. The van der Waals surface area contributed by atoms with Crippen molar-refractivity contribution in [2.24, 2.45) is 0 Å². The first-order valence-corrected chi connectivity index (χ1v) is 13.2. The summed E-state index contributed by atoms with van der Waals surface area (Å²) in [6.07, 6.45) is 1.70. The standard InChI is InChI=1S/C30H24ClFN2O4S/c1-18-15-20(16-28-29(35)33(30(36)39-28)17-25-26(31)5-4-6-27(25)32)19(2)34(18)21-7-9-23(10-8-21)38-24-13-11-22(37-3)12-14-24/h4-16H,17H2,1-3H3/b28-16-. The van der Waals surface area contributed by atoms with E-state index in [0.29, 0.717) is 11.5 Å². The topological polar surface area (TPSA) is 60.8 Å². The summed E-state index contributed by atoms with van der Waals surface area (Å²) in [4.78, 5) is 27.0. The van der Waals surface area contributed by atoms with Crippen molar-refractivity contribution in [3.8, 4) is 22.9 Å². The molecule has 39 heavy (non-hydrogen) atoms. The van der Waals surface area contributed by atoms with Gasteiger partial charge in [0.1, 0.15) is 23.1 Å². The summed E-state index contributed by atoms with van der Waals surface area (Å²) < 4.78 is 27.4. The number of imide groups is 1. The van der Waals surface area contributed by atoms with E-state index in [0.717, 1.165) is 45.1 Å². The summed E-state index contributed by atoms with van der Waals surface area (Å²) in [6, 6.07) is 21.2. The second kappa shape index (κ2) is 11.0. The Morgan fingerprint density at radius 2 is 1.59 bits per heavy atom. The van der Waals surface area contributed by atoms with E-state index >= 15 is 0 Å². The zero-order chi connectivity index (χ0) is 27.7. The molecule has 1 aliphatic rings. The van der Waals surface area contributed by atoms with E-state index in [9.17, 15) is 14.0 Å². The number of benzene rings is 3. The smallest absolute Gasteiger partial charge is 0.293 e. The number of methoxy groups -OCH3 is 1. The Balaban J connectivity index is 1.35. The molecular formula is C30H24ClFN2O4S. The van der Waals surface area contributed by atoms with Gasteiger partial charge in [0, 0.05) is 27.7 Å². The van der Waals surface area contributed by atoms with Crippen LogP contribution in [-0.2, 0) is 11.3 Å². The lowest BCUT2D eigenvalue weighted by Crippen LogP contribution is -2.28. The molecule has 0 aliphatic carbocycles. The van der Waals surface area contributed by atoms with Crippen LogP contribution in [0.3, 0.4) is 0 Å². The van der Waals surface area contributed by atoms with E-state index in [1.165, 1.54) is 18.2 Å². The summed E-state index contributed by atoms with van der Waals surface area (Å²) in [5, 5.41) is -0.297. The molecule has 5 rings (SSSR count). The van der Waals surface area contributed by atoms with Crippen LogP contribution < -0.4 is 9.47 Å². The van der Waals surface area contributed by atoms with Crippen molar-refractivity contribution in [3.63, 3.8) is 0 Å². The van der Waals surface area contributed by atoms with Crippen LogP contribution in [0.2, 0.25) is 5.02 Å². The molecule has 4 aromatic rings. The number of amides is 2. The third-order valence-corrected chi connectivity index (χ3v) is 7.66. The summed E-state index contributed by atoms with van der Waals surface area (Å²) >= 11 is 6.94. The Morgan fingerprint density at radius 1 is 0.949 bits per heavy atom. The number of rotatable bonds is 7. The van der Waals surface area contributed by atoms with Crippen LogP contribution in [0.4, 0.5) is 9.18 Å². The fraction of sp³-hybridized carbons (Fsp3) is 0.133. The maximum Gasteiger partial charge on any atom is 0.293 e. The second-order valence-electron chi connectivity index (χ2n) is 8.90. The molecule has 2 amide bonds. The van der Waals surface area contributed by atoms with Crippen molar-refractivity contribution in [1.29, 1.82) is 0 Å². The summed E-state index contributed by atoms with van der Waals surface area (Å²) in [5.74, 6) is 1.11. The average molecular weight is 563 g/mol. The van der Waals surface area contributed by atoms with E-state index in [2.05, 4.69) is 4.57 Å². The Kier molecular flexibility index (Phi) is 7.50. The van der Waals surface area contributed by atoms with Crippen LogP contribution in [-0.4, -0.2) is 27.7 Å². The van der Waals surface area contributed by atoms with Gasteiger partial charge in [-0.1, -0.05) is 17.7 Å². The van der Waals surface area contributed by atoms with Gasteiger partial charge in [-0.15, -0.1) is 0 Å². The van der Waals surface area contributed by atoms with Crippen molar-refractivity contribution >= 4 is 40.6 Å². The largest absolute Gasteiger partial charge is 0.497 e.